The lowest BCUT2D eigenvalue weighted by atomic mass is 9.98. The predicted molar refractivity (Wildman–Crippen MR) is 78.1 cm³/mol. The molecule has 20 heavy (non-hydrogen) atoms. The van der Waals surface area contributed by atoms with E-state index >= 15 is 0 Å². The Morgan fingerprint density at radius 2 is 2.20 bits per heavy atom. The molecule has 0 bridgehead atoms. The Kier molecular flexibility index (Phi) is 3.17. The Morgan fingerprint density at radius 1 is 1.35 bits per heavy atom. The number of nitrogens with one attached hydrogen (secondary N) is 2. The fourth-order valence-electron chi connectivity index (χ4n) is 2.37. The second kappa shape index (κ2) is 4.86. The zero-order valence-electron chi connectivity index (χ0n) is 10.7. The highest BCUT2D eigenvalue weighted by Crippen LogP contribution is 2.28. The van der Waals surface area contributed by atoms with Crippen molar-refractivity contribution < 1.29 is 14.7 Å². The van der Waals surface area contributed by atoms with E-state index in [-0.39, 0.29) is 5.91 Å². The Balaban J connectivity index is 1.86. The zero-order valence-corrected chi connectivity index (χ0v) is 11.5. The molecule has 1 aromatic heterocycles. The zero-order chi connectivity index (χ0) is 14.2. The third-order valence-corrected chi connectivity index (χ3v) is 4.79. The minimum atomic E-state index is -1.13. The van der Waals surface area contributed by atoms with E-state index in [1.165, 1.54) is 0 Å². The summed E-state index contributed by atoms with van der Waals surface area (Å²) in [6.07, 6.45) is 2.27. The number of rotatable bonds is 3. The molecule has 1 atom stereocenters. The number of fused-ring (bicyclic) bond motifs is 1. The molecule has 3 rings (SSSR count). The van der Waals surface area contributed by atoms with E-state index in [4.69, 9.17) is 0 Å². The maximum Gasteiger partial charge on any atom is 0.330 e. The van der Waals surface area contributed by atoms with Crippen LogP contribution in [0.25, 0.3) is 10.9 Å². The first-order valence-corrected chi connectivity index (χ1v) is 7.47. The van der Waals surface area contributed by atoms with Crippen LogP contribution in [-0.2, 0) is 4.79 Å². The van der Waals surface area contributed by atoms with Crippen molar-refractivity contribution in [1.82, 2.24) is 10.3 Å². The van der Waals surface area contributed by atoms with Crippen LogP contribution in [0.4, 0.5) is 0 Å². The minimum Gasteiger partial charge on any atom is -0.479 e. The largest absolute Gasteiger partial charge is 0.479 e. The lowest BCUT2D eigenvalue weighted by Crippen LogP contribution is -2.54. The maximum absolute atomic E-state index is 12.3. The number of carbonyl (C=O) groups is 2. The number of aliphatic carboxylic acids is 1. The Morgan fingerprint density at radius 3 is 2.90 bits per heavy atom. The molecule has 1 unspecified atom stereocenters. The number of hydrogen-bond donors (Lipinski definition) is 3. The van der Waals surface area contributed by atoms with Crippen LogP contribution in [0.5, 0.6) is 0 Å². The Hall–Kier alpha value is -1.95. The summed E-state index contributed by atoms with van der Waals surface area (Å²) in [5.41, 5.74) is 0.301. The molecular formula is C14H14N2O3S. The van der Waals surface area contributed by atoms with Crippen molar-refractivity contribution in [3.8, 4) is 0 Å². The highest BCUT2D eigenvalue weighted by molar-refractivity contribution is 7.99. The fourth-order valence-corrected chi connectivity index (χ4v) is 3.70. The minimum absolute atomic E-state index is 0.335. The van der Waals surface area contributed by atoms with Crippen molar-refractivity contribution in [3.05, 3.63) is 36.0 Å². The summed E-state index contributed by atoms with van der Waals surface area (Å²) >= 11 is 1.55. The molecule has 1 aromatic carbocycles. The number of thioether (sulfide) groups is 1. The number of carbonyl (C=O) groups excluding carboxylic acids is 1. The quantitative estimate of drug-likeness (QED) is 0.806. The molecule has 6 heteroatoms. The van der Waals surface area contributed by atoms with E-state index in [2.05, 4.69) is 10.3 Å². The van der Waals surface area contributed by atoms with Crippen LogP contribution in [0.3, 0.4) is 0 Å². The van der Waals surface area contributed by atoms with E-state index in [0.29, 0.717) is 17.7 Å². The lowest BCUT2D eigenvalue weighted by Gasteiger charge is -2.24. The molecule has 1 saturated heterocycles. The number of aromatic nitrogens is 1. The Labute approximate surface area is 119 Å². The molecule has 2 heterocycles. The van der Waals surface area contributed by atoms with E-state index in [0.717, 1.165) is 16.7 Å². The number of carboxylic acids is 1. The molecule has 1 aliphatic rings. The average Bonchev–Trinajstić information content (AvgIpc) is 3.06. The molecule has 0 aliphatic carbocycles. The highest BCUT2D eigenvalue weighted by atomic mass is 32.2. The highest BCUT2D eigenvalue weighted by Gasteiger charge is 2.43. The molecule has 1 fully saturated rings. The van der Waals surface area contributed by atoms with Gasteiger partial charge in [-0.15, -0.1) is 0 Å². The van der Waals surface area contributed by atoms with Crippen LogP contribution in [0.1, 0.15) is 16.8 Å². The van der Waals surface area contributed by atoms with Crippen LogP contribution in [0.15, 0.2) is 30.5 Å². The first-order valence-electron chi connectivity index (χ1n) is 6.32. The van der Waals surface area contributed by atoms with Gasteiger partial charge in [0.2, 0.25) is 0 Å². The van der Waals surface area contributed by atoms with Gasteiger partial charge in [0.15, 0.2) is 0 Å². The van der Waals surface area contributed by atoms with Gasteiger partial charge in [0.25, 0.3) is 5.91 Å². The van der Waals surface area contributed by atoms with Gasteiger partial charge in [-0.25, -0.2) is 4.79 Å². The van der Waals surface area contributed by atoms with Gasteiger partial charge in [0.05, 0.1) is 0 Å². The number of hydrogen-bond acceptors (Lipinski definition) is 3. The van der Waals surface area contributed by atoms with Crippen LogP contribution >= 0.6 is 11.8 Å². The average molecular weight is 290 g/mol. The number of H-pyrrole nitrogens is 1. The first kappa shape index (κ1) is 13.1. The third kappa shape index (κ3) is 2.16. The fraction of sp³-hybridized carbons (Fsp3) is 0.286. The van der Waals surface area contributed by atoms with E-state index in [1.807, 2.05) is 12.1 Å². The second-order valence-corrected chi connectivity index (χ2v) is 6.03. The van der Waals surface area contributed by atoms with Gasteiger partial charge in [-0.1, -0.05) is 0 Å². The van der Waals surface area contributed by atoms with E-state index < -0.39 is 11.5 Å². The summed E-state index contributed by atoms with van der Waals surface area (Å²) in [7, 11) is 0. The van der Waals surface area contributed by atoms with Crippen LogP contribution < -0.4 is 5.32 Å². The molecule has 0 spiro atoms. The summed E-state index contributed by atoms with van der Waals surface area (Å²) in [6.45, 7) is 0. The molecular weight excluding hydrogens is 276 g/mol. The van der Waals surface area contributed by atoms with Gasteiger partial charge < -0.3 is 15.4 Å². The van der Waals surface area contributed by atoms with E-state index in [9.17, 15) is 14.7 Å². The number of amides is 1. The number of benzene rings is 1. The van der Waals surface area contributed by atoms with Crippen molar-refractivity contribution >= 4 is 34.5 Å². The van der Waals surface area contributed by atoms with Crippen LogP contribution in [-0.4, -0.2) is 39.0 Å². The van der Waals surface area contributed by atoms with Crippen molar-refractivity contribution in [1.29, 1.82) is 0 Å². The first-order chi connectivity index (χ1) is 9.61. The predicted octanol–water partition coefficient (Wildman–Crippen LogP) is 1.86. The van der Waals surface area contributed by atoms with Crippen LogP contribution in [0.2, 0.25) is 0 Å². The van der Waals surface area contributed by atoms with Gasteiger partial charge in [-0.3, -0.25) is 4.79 Å². The summed E-state index contributed by atoms with van der Waals surface area (Å²) in [4.78, 5) is 26.8. The second-order valence-electron chi connectivity index (χ2n) is 4.92. The van der Waals surface area contributed by atoms with Crippen molar-refractivity contribution in [2.24, 2.45) is 0 Å². The third-order valence-electron chi connectivity index (χ3n) is 3.60. The van der Waals surface area contributed by atoms with Gasteiger partial charge in [-0.05, 0) is 36.4 Å². The number of carboxylic acid groups (broad SMARTS) is 1. The molecule has 5 nitrogen and oxygen atoms in total. The Bertz CT molecular complexity index is 674. The lowest BCUT2D eigenvalue weighted by molar-refractivity contribution is -0.143. The van der Waals surface area contributed by atoms with Gasteiger partial charge in [0, 0.05) is 28.4 Å². The molecule has 3 N–H and O–H groups in total. The monoisotopic (exact) mass is 290 g/mol. The topological polar surface area (TPSA) is 82.2 Å². The van der Waals surface area contributed by atoms with Gasteiger partial charge in [0.1, 0.15) is 5.54 Å². The maximum atomic E-state index is 12.3. The summed E-state index contributed by atoms with van der Waals surface area (Å²) in [6, 6.07) is 7.16. The SMILES string of the molecule is O=C(NC1(C(=O)O)CCSC1)c1ccc2[nH]ccc2c1. The van der Waals surface area contributed by atoms with Crippen LogP contribution in [0, 0.1) is 0 Å². The molecule has 2 aromatic rings. The standard InChI is InChI=1S/C14H14N2O3S/c17-12(16-14(13(18)19)4-6-20-8-14)10-1-2-11-9(7-10)3-5-15-11/h1-3,5,7,15H,4,6,8H2,(H,16,17)(H,18,19). The van der Waals surface area contributed by atoms with Gasteiger partial charge in [-0.2, -0.15) is 11.8 Å². The summed E-state index contributed by atoms with van der Waals surface area (Å²) in [5.74, 6) is -0.124. The summed E-state index contributed by atoms with van der Waals surface area (Å²) < 4.78 is 0. The van der Waals surface area contributed by atoms with Crippen molar-refractivity contribution in [3.63, 3.8) is 0 Å². The normalized spacial score (nSPS) is 22.0. The molecule has 104 valence electrons. The molecule has 1 aliphatic heterocycles. The van der Waals surface area contributed by atoms with E-state index in [1.54, 1.807) is 30.1 Å². The smallest absolute Gasteiger partial charge is 0.330 e. The molecule has 0 radical (unpaired) electrons. The number of aromatic amines is 1. The molecule has 0 saturated carbocycles. The van der Waals surface area contributed by atoms with Crippen molar-refractivity contribution in [2.75, 3.05) is 11.5 Å². The van der Waals surface area contributed by atoms with Gasteiger partial charge >= 0.3 is 5.97 Å². The molecule has 1 amide bonds. The summed E-state index contributed by atoms with van der Waals surface area (Å²) in [5, 5.41) is 13.0. The van der Waals surface area contributed by atoms with Crippen molar-refractivity contribution in [2.45, 2.75) is 12.0 Å².